The van der Waals surface area contributed by atoms with Crippen molar-refractivity contribution in [3.05, 3.63) is 47.2 Å². The van der Waals surface area contributed by atoms with E-state index in [9.17, 15) is 0 Å². The van der Waals surface area contributed by atoms with E-state index < -0.39 is 0 Å². The molecule has 0 radical (unpaired) electrons. The first-order valence-electron chi connectivity index (χ1n) is 3.82. The molecule has 0 amide bonds. The molecule has 1 aromatic carbocycles. The van der Waals surface area contributed by atoms with E-state index in [0.717, 1.165) is 10.6 Å². The summed E-state index contributed by atoms with van der Waals surface area (Å²) in [7, 11) is 0. The van der Waals surface area contributed by atoms with Gasteiger partial charge in [0.05, 0.1) is 6.20 Å². The fourth-order valence-electron chi connectivity index (χ4n) is 0.718. The van der Waals surface area contributed by atoms with Crippen molar-refractivity contribution in [1.29, 1.82) is 0 Å². The molecule has 0 saturated carbocycles. The monoisotopic (exact) mass is 195 g/mol. The van der Waals surface area contributed by atoms with Crippen LogP contribution in [0.15, 0.2) is 36.7 Å². The Balaban J connectivity index is 0.000000145. The number of rotatable bonds is 0. The third-order valence-corrected chi connectivity index (χ3v) is 1.83. The largest absolute Gasteiger partial charge is 0.266 e. The second kappa shape index (κ2) is 5.32. The van der Waals surface area contributed by atoms with Gasteiger partial charge in [0, 0.05) is 11.2 Å². The van der Waals surface area contributed by atoms with Crippen LogP contribution in [0.4, 0.5) is 0 Å². The molecule has 2 rings (SSSR count). The van der Waals surface area contributed by atoms with Crippen molar-refractivity contribution in [2.45, 2.75) is 6.92 Å². The van der Waals surface area contributed by atoms with E-state index in [1.54, 1.807) is 12.4 Å². The highest BCUT2D eigenvalue weighted by Crippen LogP contribution is 2.11. The maximum Gasteiger partial charge on any atom is 0.0690 e. The molecule has 0 aliphatic carbocycles. The Hall–Kier alpha value is -1.35. The van der Waals surface area contributed by atoms with Gasteiger partial charge in [-0.2, -0.15) is 0 Å². The molecule has 68 valence electrons. The van der Waals surface area contributed by atoms with Gasteiger partial charge < -0.3 is 0 Å². The summed E-state index contributed by atoms with van der Waals surface area (Å²) in [5, 5.41) is 10.1. The summed E-state index contributed by atoms with van der Waals surface area (Å²) in [6.07, 6.45) is 3.24. The van der Waals surface area contributed by atoms with E-state index in [2.05, 4.69) is 15.4 Å². The summed E-state index contributed by atoms with van der Waals surface area (Å²) in [6, 6.07) is 7.77. The lowest BCUT2D eigenvalue weighted by Gasteiger charge is -1.90. The molecule has 0 aliphatic rings. The van der Waals surface area contributed by atoms with Crippen molar-refractivity contribution in [1.82, 2.24) is 15.4 Å². The Morgan fingerprint density at radius 3 is 2.38 bits per heavy atom. The van der Waals surface area contributed by atoms with E-state index in [1.165, 1.54) is 0 Å². The predicted octanol–water partition coefficient (Wildman–Crippen LogP) is 2.45. The zero-order chi connectivity index (χ0) is 9.52. The molecule has 4 heteroatoms. The minimum atomic E-state index is 0.840. The van der Waals surface area contributed by atoms with Crippen LogP contribution in [0.3, 0.4) is 0 Å². The lowest BCUT2D eigenvalue weighted by Crippen LogP contribution is -1.68. The maximum atomic E-state index is 5.71. The molecule has 0 aliphatic heterocycles. The van der Waals surface area contributed by atoms with Crippen molar-refractivity contribution in [3.63, 3.8) is 0 Å². The summed E-state index contributed by atoms with van der Waals surface area (Å²) < 4.78 is 0. The third-order valence-electron chi connectivity index (χ3n) is 1.41. The predicted molar refractivity (Wildman–Crippen MR) is 52.6 cm³/mol. The van der Waals surface area contributed by atoms with Crippen molar-refractivity contribution < 1.29 is 0 Å². The number of nitrogens with one attached hydrogen (secondary N) is 1. The molecular weight excluding hydrogens is 186 g/mol. The number of hydrogen-bond donors (Lipinski definition) is 1. The van der Waals surface area contributed by atoms with Crippen molar-refractivity contribution in [3.8, 4) is 0 Å². The second-order valence-corrected chi connectivity index (χ2v) is 2.82. The first kappa shape index (κ1) is 9.74. The Bertz CT molecular complexity index is 294. The minimum Gasteiger partial charge on any atom is -0.266 e. The van der Waals surface area contributed by atoms with Crippen molar-refractivity contribution >= 4 is 11.6 Å². The average Bonchev–Trinajstić information content (AvgIpc) is 2.68. The Labute approximate surface area is 81.7 Å². The Morgan fingerprint density at radius 1 is 1.31 bits per heavy atom. The molecule has 1 N–H and O–H groups in total. The molecule has 0 spiro atoms. The van der Waals surface area contributed by atoms with Gasteiger partial charge in [-0.25, -0.2) is 0 Å². The van der Waals surface area contributed by atoms with Gasteiger partial charge in [0.2, 0.25) is 0 Å². The van der Waals surface area contributed by atoms with Crippen LogP contribution in [0, 0.1) is 6.92 Å². The SMILES string of the molecule is Cc1ccccc1Cl.c1c[nH]nn1. The number of nitrogens with zero attached hydrogens (tertiary/aromatic N) is 2. The first-order valence-corrected chi connectivity index (χ1v) is 4.20. The van der Waals surface area contributed by atoms with Gasteiger partial charge in [-0.1, -0.05) is 35.0 Å². The summed E-state index contributed by atoms with van der Waals surface area (Å²) in [6.45, 7) is 1.99. The van der Waals surface area contributed by atoms with Crippen LogP contribution < -0.4 is 0 Å². The highest BCUT2D eigenvalue weighted by molar-refractivity contribution is 6.31. The fraction of sp³-hybridized carbons (Fsp3) is 0.111. The molecular formula is C9H10ClN3. The molecule has 0 unspecified atom stereocenters. The summed E-state index contributed by atoms with van der Waals surface area (Å²) in [5.41, 5.74) is 1.13. The third kappa shape index (κ3) is 3.71. The number of benzene rings is 1. The van der Waals surface area contributed by atoms with Crippen LogP contribution >= 0.6 is 11.6 Å². The van der Waals surface area contributed by atoms with E-state index in [0.29, 0.717) is 0 Å². The zero-order valence-electron chi connectivity index (χ0n) is 7.24. The smallest absolute Gasteiger partial charge is 0.0690 e. The second-order valence-electron chi connectivity index (χ2n) is 2.41. The first-order chi connectivity index (χ1) is 6.30. The van der Waals surface area contributed by atoms with Gasteiger partial charge in [0.25, 0.3) is 0 Å². The normalized spacial score (nSPS) is 8.77. The Morgan fingerprint density at radius 2 is 2.08 bits per heavy atom. The van der Waals surface area contributed by atoms with Gasteiger partial charge in [-0.3, -0.25) is 5.10 Å². The van der Waals surface area contributed by atoms with Crippen molar-refractivity contribution in [2.75, 3.05) is 0 Å². The molecule has 0 saturated heterocycles. The molecule has 2 aromatic rings. The Kier molecular flexibility index (Phi) is 3.99. The lowest BCUT2D eigenvalue weighted by molar-refractivity contribution is 0.940. The number of aryl methyl sites for hydroxylation is 1. The van der Waals surface area contributed by atoms with Crippen LogP contribution in [0.25, 0.3) is 0 Å². The van der Waals surface area contributed by atoms with Crippen LogP contribution in [-0.2, 0) is 0 Å². The van der Waals surface area contributed by atoms with E-state index >= 15 is 0 Å². The molecule has 1 aromatic heterocycles. The summed E-state index contributed by atoms with van der Waals surface area (Å²) >= 11 is 5.71. The number of aromatic nitrogens is 3. The molecule has 0 atom stereocenters. The zero-order valence-corrected chi connectivity index (χ0v) is 7.99. The minimum absolute atomic E-state index is 0.840. The summed E-state index contributed by atoms with van der Waals surface area (Å²) in [5.74, 6) is 0. The quantitative estimate of drug-likeness (QED) is 0.702. The summed E-state index contributed by atoms with van der Waals surface area (Å²) in [4.78, 5) is 0. The fourth-order valence-corrected chi connectivity index (χ4v) is 0.853. The maximum absolute atomic E-state index is 5.71. The molecule has 0 bridgehead atoms. The highest BCUT2D eigenvalue weighted by atomic mass is 35.5. The van der Waals surface area contributed by atoms with E-state index in [-0.39, 0.29) is 0 Å². The molecule has 0 fully saturated rings. The topological polar surface area (TPSA) is 41.6 Å². The number of H-pyrrole nitrogens is 1. The van der Waals surface area contributed by atoms with E-state index in [4.69, 9.17) is 11.6 Å². The molecule has 1 heterocycles. The van der Waals surface area contributed by atoms with Crippen molar-refractivity contribution in [2.24, 2.45) is 0 Å². The molecule has 3 nitrogen and oxygen atoms in total. The number of aromatic amines is 1. The van der Waals surface area contributed by atoms with Crippen LogP contribution in [0.5, 0.6) is 0 Å². The standard InChI is InChI=1S/C7H7Cl.C2H3N3/c1-6-4-2-3-5-7(6)8;1-2-4-5-3-1/h2-5H,1H3;1-2H,(H,3,4,5). The van der Waals surface area contributed by atoms with E-state index in [1.807, 2.05) is 31.2 Å². The van der Waals surface area contributed by atoms with Crippen LogP contribution in [-0.4, -0.2) is 15.4 Å². The van der Waals surface area contributed by atoms with Gasteiger partial charge in [0.15, 0.2) is 0 Å². The van der Waals surface area contributed by atoms with Gasteiger partial charge >= 0.3 is 0 Å². The average molecular weight is 196 g/mol. The number of hydrogen-bond acceptors (Lipinski definition) is 2. The molecule has 13 heavy (non-hydrogen) atoms. The number of halogens is 1. The van der Waals surface area contributed by atoms with Gasteiger partial charge in [-0.15, -0.1) is 5.10 Å². The van der Waals surface area contributed by atoms with Crippen LogP contribution in [0.2, 0.25) is 5.02 Å². The highest BCUT2D eigenvalue weighted by Gasteiger charge is 1.86. The van der Waals surface area contributed by atoms with Gasteiger partial charge in [-0.05, 0) is 18.6 Å². The van der Waals surface area contributed by atoms with Crippen LogP contribution in [0.1, 0.15) is 5.56 Å². The van der Waals surface area contributed by atoms with Gasteiger partial charge in [0.1, 0.15) is 0 Å². The lowest BCUT2D eigenvalue weighted by atomic mass is 10.2.